The minimum absolute atomic E-state index is 0.0868. The highest BCUT2D eigenvalue weighted by molar-refractivity contribution is 5.60. The van der Waals surface area contributed by atoms with Crippen LogP contribution >= 0.6 is 0 Å². The molecule has 0 bridgehead atoms. The van der Waals surface area contributed by atoms with Crippen LogP contribution in [-0.4, -0.2) is 25.7 Å². The van der Waals surface area contributed by atoms with Gasteiger partial charge in [0.2, 0.25) is 0 Å². The minimum atomic E-state index is 0.0868. The number of piperidine rings is 1. The first-order valence-corrected chi connectivity index (χ1v) is 11.8. The summed E-state index contributed by atoms with van der Waals surface area (Å²) < 4.78 is 5.74. The fourth-order valence-electron chi connectivity index (χ4n) is 4.84. The van der Waals surface area contributed by atoms with E-state index in [9.17, 15) is 0 Å². The predicted octanol–water partition coefficient (Wildman–Crippen LogP) is 6.36. The topological polar surface area (TPSA) is 33.3 Å². The van der Waals surface area contributed by atoms with Crippen molar-refractivity contribution in [3.05, 3.63) is 95.6 Å². The maximum atomic E-state index is 5.74. The Bertz CT molecular complexity index is 955. The summed E-state index contributed by atoms with van der Waals surface area (Å²) in [5.41, 5.74) is 5.17. The van der Waals surface area contributed by atoms with E-state index in [0.29, 0.717) is 6.04 Å². The van der Waals surface area contributed by atoms with Crippen LogP contribution in [-0.2, 0) is 5.41 Å². The van der Waals surface area contributed by atoms with Crippen LogP contribution in [0.4, 0.5) is 5.69 Å². The van der Waals surface area contributed by atoms with E-state index in [1.165, 1.54) is 16.7 Å². The van der Waals surface area contributed by atoms with E-state index in [-0.39, 0.29) is 17.4 Å². The van der Waals surface area contributed by atoms with Gasteiger partial charge in [0.15, 0.2) is 0 Å². The van der Waals surface area contributed by atoms with Gasteiger partial charge < -0.3 is 15.4 Å². The first kappa shape index (κ1) is 22.4. The zero-order valence-corrected chi connectivity index (χ0v) is 19.8. The molecule has 3 heteroatoms. The third-order valence-corrected chi connectivity index (χ3v) is 6.59. The highest BCUT2D eigenvalue weighted by atomic mass is 16.5. The molecule has 2 unspecified atom stereocenters. The first-order chi connectivity index (χ1) is 15.5. The monoisotopic (exact) mass is 428 g/mol. The number of methoxy groups -OCH3 is 1. The number of hydrogen-bond donors (Lipinski definition) is 2. The van der Waals surface area contributed by atoms with Crippen LogP contribution in [0.2, 0.25) is 0 Å². The Morgan fingerprint density at radius 3 is 2.09 bits per heavy atom. The summed E-state index contributed by atoms with van der Waals surface area (Å²) in [5, 5.41) is 7.76. The first-order valence-electron chi connectivity index (χ1n) is 11.8. The Labute approximate surface area is 193 Å². The molecule has 1 saturated heterocycles. The average Bonchev–Trinajstić information content (AvgIpc) is 2.81. The highest BCUT2D eigenvalue weighted by Crippen LogP contribution is 2.36. The van der Waals surface area contributed by atoms with Crippen molar-refractivity contribution in [2.24, 2.45) is 0 Å². The molecule has 32 heavy (non-hydrogen) atoms. The molecule has 1 fully saturated rings. The lowest BCUT2D eigenvalue weighted by Gasteiger charge is -2.40. The Morgan fingerprint density at radius 2 is 1.53 bits per heavy atom. The predicted molar refractivity (Wildman–Crippen MR) is 135 cm³/mol. The maximum Gasteiger partial charge on any atom is 0.141 e. The van der Waals surface area contributed by atoms with Crippen LogP contribution < -0.4 is 15.4 Å². The van der Waals surface area contributed by atoms with E-state index < -0.39 is 0 Å². The summed E-state index contributed by atoms with van der Waals surface area (Å²) in [6, 6.07) is 28.9. The molecule has 2 N–H and O–H groups in total. The van der Waals surface area contributed by atoms with Crippen molar-refractivity contribution in [2.45, 2.75) is 57.0 Å². The summed E-state index contributed by atoms with van der Waals surface area (Å²) in [6.45, 7) is 7.80. The number of rotatable bonds is 6. The van der Waals surface area contributed by atoms with Gasteiger partial charge in [-0.15, -0.1) is 0 Å². The Balaban J connectivity index is 1.71. The van der Waals surface area contributed by atoms with Gasteiger partial charge >= 0.3 is 0 Å². The van der Waals surface area contributed by atoms with Crippen LogP contribution in [0.3, 0.4) is 0 Å². The van der Waals surface area contributed by atoms with Crippen molar-refractivity contribution in [3.63, 3.8) is 0 Å². The minimum Gasteiger partial charge on any atom is -0.495 e. The van der Waals surface area contributed by atoms with Gasteiger partial charge in [-0.25, -0.2) is 0 Å². The molecule has 0 aromatic heterocycles. The maximum absolute atomic E-state index is 5.74. The second kappa shape index (κ2) is 9.79. The van der Waals surface area contributed by atoms with Crippen molar-refractivity contribution in [1.82, 2.24) is 5.32 Å². The van der Waals surface area contributed by atoms with Crippen molar-refractivity contribution < 1.29 is 4.74 Å². The van der Waals surface area contributed by atoms with Gasteiger partial charge in [0.25, 0.3) is 0 Å². The molecule has 4 rings (SSSR count). The molecule has 3 aromatic rings. The zero-order valence-electron chi connectivity index (χ0n) is 19.8. The third-order valence-electron chi connectivity index (χ3n) is 6.59. The van der Waals surface area contributed by atoms with Crippen molar-refractivity contribution in [1.29, 1.82) is 0 Å². The van der Waals surface area contributed by atoms with Crippen LogP contribution in [0.25, 0.3) is 0 Å². The molecule has 0 spiro atoms. The van der Waals surface area contributed by atoms with Gasteiger partial charge in [-0.05, 0) is 53.6 Å². The van der Waals surface area contributed by atoms with Crippen LogP contribution in [0.1, 0.15) is 56.2 Å². The largest absolute Gasteiger partial charge is 0.495 e. The summed E-state index contributed by atoms with van der Waals surface area (Å²) in [4.78, 5) is 0. The molecule has 1 aliphatic heterocycles. The molecule has 3 nitrogen and oxygen atoms in total. The normalized spacial score (nSPS) is 19.0. The quantitative estimate of drug-likeness (QED) is 0.479. The van der Waals surface area contributed by atoms with Gasteiger partial charge in [-0.2, -0.15) is 0 Å². The Kier molecular flexibility index (Phi) is 6.86. The number of benzene rings is 3. The lowest BCUT2D eigenvalue weighted by atomic mass is 9.79. The van der Waals surface area contributed by atoms with Gasteiger partial charge in [-0.3, -0.25) is 0 Å². The van der Waals surface area contributed by atoms with E-state index >= 15 is 0 Å². The average molecular weight is 429 g/mol. The number of hydrogen-bond acceptors (Lipinski definition) is 3. The SMILES string of the molecule is COc1ccc(C(C)(C)C)cc1NC1CCCNC1C(c1ccccc1)c1ccccc1. The summed E-state index contributed by atoms with van der Waals surface area (Å²) in [5.74, 6) is 1.17. The van der Waals surface area contributed by atoms with Crippen molar-refractivity contribution >= 4 is 5.69 Å². The second-order valence-corrected chi connectivity index (χ2v) is 9.84. The molecule has 2 atom stereocenters. The van der Waals surface area contributed by atoms with E-state index in [2.05, 4.69) is 110 Å². The molecular weight excluding hydrogens is 392 g/mol. The molecule has 3 aromatic carbocycles. The highest BCUT2D eigenvalue weighted by Gasteiger charge is 2.34. The molecule has 0 saturated carbocycles. The molecule has 1 aliphatic rings. The van der Waals surface area contributed by atoms with Gasteiger partial charge in [0.1, 0.15) is 5.75 Å². The molecular formula is C29H36N2O. The summed E-state index contributed by atoms with van der Waals surface area (Å²) >= 11 is 0. The summed E-state index contributed by atoms with van der Waals surface area (Å²) in [6.07, 6.45) is 2.28. The van der Waals surface area contributed by atoms with E-state index in [1.807, 2.05) is 0 Å². The lowest BCUT2D eigenvalue weighted by molar-refractivity contribution is 0.340. The standard InChI is InChI=1S/C29H36N2O/c1-29(2,3)23-17-18-26(32-4)25(20-23)31-24-16-11-19-30-28(24)27(21-12-7-5-8-13-21)22-14-9-6-10-15-22/h5-10,12-15,17-18,20,24,27-28,30-31H,11,16,19H2,1-4H3. The fourth-order valence-corrected chi connectivity index (χ4v) is 4.84. The van der Waals surface area contributed by atoms with Crippen LogP contribution in [0.15, 0.2) is 78.9 Å². The van der Waals surface area contributed by atoms with Gasteiger partial charge in [0, 0.05) is 18.0 Å². The third kappa shape index (κ3) is 4.99. The van der Waals surface area contributed by atoms with Gasteiger partial charge in [0.05, 0.1) is 12.8 Å². The van der Waals surface area contributed by atoms with E-state index in [1.54, 1.807) is 7.11 Å². The van der Waals surface area contributed by atoms with Crippen LogP contribution in [0.5, 0.6) is 5.75 Å². The molecule has 168 valence electrons. The number of ether oxygens (including phenoxy) is 1. The van der Waals surface area contributed by atoms with E-state index in [4.69, 9.17) is 4.74 Å². The molecule has 0 radical (unpaired) electrons. The molecule has 0 amide bonds. The van der Waals surface area contributed by atoms with Gasteiger partial charge in [-0.1, -0.05) is 87.5 Å². The molecule has 1 heterocycles. The Morgan fingerprint density at radius 1 is 0.906 bits per heavy atom. The van der Waals surface area contributed by atoms with Crippen molar-refractivity contribution in [3.8, 4) is 5.75 Å². The second-order valence-electron chi connectivity index (χ2n) is 9.84. The number of anilines is 1. The number of nitrogens with one attached hydrogen (secondary N) is 2. The van der Waals surface area contributed by atoms with Crippen molar-refractivity contribution in [2.75, 3.05) is 19.0 Å². The zero-order chi connectivity index (χ0) is 22.6. The van der Waals surface area contributed by atoms with Crippen LogP contribution in [0, 0.1) is 0 Å². The summed E-state index contributed by atoms with van der Waals surface area (Å²) in [7, 11) is 1.75. The molecule has 0 aliphatic carbocycles. The fraction of sp³-hybridized carbons (Fsp3) is 0.379. The smallest absolute Gasteiger partial charge is 0.141 e. The Hall–Kier alpha value is -2.78. The van der Waals surface area contributed by atoms with E-state index in [0.717, 1.165) is 30.8 Å². The lowest BCUT2D eigenvalue weighted by Crippen LogP contribution is -2.52.